The summed E-state index contributed by atoms with van der Waals surface area (Å²) in [6.07, 6.45) is 1.36. The molecule has 2 saturated heterocycles. The minimum Gasteiger partial charge on any atom is -0.380 e. The Kier molecular flexibility index (Phi) is 4.45. The number of amides is 2. The van der Waals surface area contributed by atoms with Crippen LogP contribution in [0.5, 0.6) is 0 Å². The fourth-order valence-electron chi connectivity index (χ4n) is 5.47. The number of hydrogen-bond donors (Lipinski definition) is 2. The molecule has 2 N–H and O–H groups in total. The van der Waals surface area contributed by atoms with Gasteiger partial charge >= 0.3 is 0 Å². The van der Waals surface area contributed by atoms with Crippen molar-refractivity contribution in [3.63, 3.8) is 0 Å². The number of nitrogens with one attached hydrogen (secondary N) is 1. The van der Waals surface area contributed by atoms with Gasteiger partial charge in [0.15, 0.2) is 0 Å². The Balaban J connectivity index is 1.60. The summed E-state index contributed by atoms with van der Waals surface area (Å²) < 4.78 is 0. The number of carbonyl (C=O) groups excluding carboxylic acids is 2. The predicted molar refractivity (Wildman–Crippen MR) is 114 cm³/mol. The van der Waals surface area contributed by atoms with Crippen molar-refractivity contribution >= 4 is 17.5 Å². The molecule has 2 aromatic rings. The van der Waals surface area contributed by atoms with E-state index in [1.165, 1.54) is 0 Å². The van der Waals surface area contributed by atoms with Crippen LogP contribution < -0.4 is 5.32 Å². The zero-order valence-corrected chi connectivity index (χ0v) is 17.2. The normalized spacial score (nSPS) is 27.9. The van der Waals surface area contributed by atoms with Gasteiger partial charge in [-0.3, -0.25) is 9.59 Å². The second-order valence-electron chi connectivity index (χ2n) is 8.87. The van der Waals surface area contributed by atoms with E-state index in [9.17, 15) is 14.7 Å². The van der Waals surface area contributed by atoms with Gasteiger partial charge < -0.3 is 20.2 Å². The SMILES string of the molecule is CN1CCC(O)(C(=O)N2CC[C@]3(C(=O)Nc4ccccc43)[C@@H]2c2ccccc2)CC1. The summed E-state index contributed by atoms with van der Waals surface area (Å²) in [5.41, 5.74) is 0.465. The summed E-state index contributed by atoms with van der Waals surface area (Å²) in [6.45, 7) is 1.80. The van der Waals surface area contributed by atoms with Gasteiger partial charge in [0.25, 0.3) is 5.91 Å². The zero-order valence-electron chi connectivity index (χ0n) is 17.2. The lowest BCUT2D eigenvalue weighted by molar-refractivity contribution is -0.157. The van der Waals surface area contributed by atoms with Crippen molar-refractivity contribution in [3.05, 3.63) is 65.7 Å². The van der Waals surface area contributed by atoms with E-state index in [-0.39, 0.29) is 11.8 Å². The lowest BCUT2D eigenvalue weighted by atomic mass is 9.72. The van der Waals surface area contributed by atoms with Crippen LogP contribution >= 0.6 is 0 Å². The van der Waals surface area contributed by atoms with Gasteiger partial charge in [-0.2, -0.15) is 0 Å². The van der Waals surface area contributed by atoms with Gasteiger partial charge in [-0.25, -0.2) is 0 Å². The number of benzene rings is 2. The summed E-state index contributed by atoms with van der Waals surface area (Å²) in [4.78, 5) is 31.0. The molecule has 3 aliphatic rings. The van der Waals surface area contributed by atoms with E-state index in [0.29, 0.717) is 38.9 Å². The molecule has 1 spiro atoms. The van der Waals surface area contributed by atoms with Gasteiger partial charge in [0.1, 0.15) is 11.0 Å². The van der Waals surface area contributed by atoms with E-state index in [4.69, 9.17) is 0 Å². The Bertz CT molecular complexity index is 984. The maximum atomic E-state index is 13.7. The zero-order chi connectivity index (χ0) is 20.9. The number of likely N-dealkylation sites (tertiary alicyclic amines) is 2. The lowest BCUT2D eigenvalue weighted by Gasteiger charge is -2.41. The standard InChI is InChI=1S/C24H27N3O3/c1-26-14-11-23(30,12-15-26)22(29)27-16-13-24(20(27)17-7-3-2-4-8-17)18-9-5-6-10-19(18)25-21(24)28/h2-10,20,30H,11-16H2,1H3,(H,25,28)/t20-,24+/m0/s1. The third-order valence-corrected chi connectivity index (χ3v) is 7.18. The summed E-state index contributed by atoms with van der Waals surface area (Å²) >= 11 is 0. The van der Waals surface area contributed by atoms with Crippen molar-refractivity contribution < 1.29 is 14.7 Å². The van der Waals surface area contributed by atoms with E-state index in [1.54, 1.807) is 4.90 Å². The molecule has 156 valence electrons. The molecule has 6 nitrogen and oxygen atoms in total. The van der Waals surface area contributed by atoms with E-state index in [1.807, 2.05) is 61.6 Å². The smallest absolute Gasteiger partial charge is 0.255 e. The highest BCUT2D eigenvalue weighted by Crippen LogP contribution is 2.55. The molecule has 0 unspecified atom stereocenters. The van der Waals surface area contributed by atoms with E-state index >= 15 is 0 Å². The fraction of sp³-hybridized carbons (Fsp3) is 0.417. The Morgan fingerprint density at radius 1 is 1.00 bits per heavy atom. The quantitative estimate of drug-likeness (QED) is 0.804. The molecule has 30 heavy (non-hydrogen) atoms. The molecule has 2 fully saturated rings. The molecule has 6 heteroatoms. The van der Waals surface area contributed by atoms with Gasteiger partial charge in [-0.15, -0.1) is 0 Å². The van der Waals surface area contributed by atoms with Crippen LogP contribution in [-0.2, 0) is 15.0 Å². The Labute approximate surface area is 176 Å². The van der Waals surface area contributed by atoms with Crippen LogP contribution in [0.25, 0.3) is 0 Å². The van der Waals surface area contributed by atoms with E-state index in [0.717, 1.165) is 16.8 Å². The van der Waals surface area contributed by atoms with Crippen LogP contribution in [0.2, 0.25) is 0 Å². The Morgan fingerprint density at radius 3 is 2.40 bits per heavy atom. The summed E-state index contributed by atoms with van der Waals surface area (Å²) in [7, 11) is 2.00. The van der Waals surface area contributed by atoms with Crippen LogP contribution in [0.3, 0.4) is 0 Å². The van der Waals surface area contributed by atoms with Crippen molar-refractivity contribution in [2.45, 2.75) is 36.3 Å². The topological polar surface area (TPSA) is 72.9 Å². The monoisotopic (exact) mass is 405 g/mol. The van der Waals surface area contributed by atoms with Gasteiger partial charge in [-0.05, 0) is 43.5 Å². The molecular weight excluding hydrogens is 378 g/mol. The van der Waals surface area contributed by atoms with Crippen molar-refractivity contribution in [2.75, 3.05) is 32.0 Å². The first-order valence-corrected chi connectivity index (χ1v) is 10.6. The number of fused-ring (bicyclic) bond motifs is 2. The maximum absolute atomic E-state index is 13.7. The molecule has 2 amide bonds. The number of rotatable bonds is 2. The predicted octanol–water partition coefficient (Wildman–Crippen LogP) is 2.31. The highest BCUT2D eigenvalue weighted by Gasteiger charge is 2.60. The molecule has 3 heterocycles. The van der Waals surface area contributed by atoms with E-state index < -0.39 is 17.1 Å². The Hall–Kier alpha value is -2.70. The Morgan fingerprint density at radius 2 is 1.67 bits per heavy atom. The van der Waals surface area contributed by atoms with Crippen LogP contribution in [0, 0.1) is 0 Å². The highest BCUT2D eigenvalue weighted by molar-refractivity contribution is 6.08. The molecule has 5 rings (SSSR count). The van der Waals surface area contributed by atoms with Gasteiger partial charge in [0.2, 0.25) is 5.91 Å². The number of hydrogen-bond acceptors (Lipinski definition) is 4. The van der Waals surface area contributed by atoms with Crippen LogP contribution in [0.1, 0.15) is 36.4 Å². The lowest BCUT2D eigenvalue weighted by Crippen LogP contribution is -2.55. The average molecular weight is 405 g/mol. The minimum atomic E-state index is -1.38. The third-order valence-electron chi connectivity index (χ3n) is 7.18. The van der Waals surface area contributed by atoms with Crippen molar-refractivity contribution in [3.8, 4) is 0 Å². The van der Waals surface area contributed by atoms with Crippen LogP contribution in [-0.4, -0.2) is 59.0 Å². The van der Waals surface area contributed by atoms with E-state index in [2.05, 4.69) is 10.2 Å². The molecular formula is C24H27N3O3. The van der Waals surface area contributed by atoms with Crippen LogP contribution in [0.4, 0.5) is 5.69 Å². The molecule has 0 aromatic heterocycles. The second kappa shape index (κ2) is 6.93. The number of anilines is 1. The molecule has 0 bridgehead atoms. The number of piperidine rings is 1. The number of nitrogens with zero attached hydrogens (tertiary/aromatic N) is 2. The minimum absolute atomic E-state index is 0.0665. The maximum Gasteiger partial charge on any atom is 0.255 e. The van der Waals surface area contributed by atoms with Crippen molar-refractivity contribution in [2.24, 2.45) is 0 Å². The number of aliphatic hydroxyl groups is 1. The molecule has 2 aromatic carbocycles. The summed E-state index contributed by atoms with van der Waals surface area (Å²) in [5.74, 6) is -0.318. The fourth-order valence-corrected chi connectivity index (χ4v) is 5.47. The first kappa shape index (κ1) is 19.3. The summed E-state index contributed by atoms with van der Waals surface area (Å²) in [5, 5.41) is 14.3. The molecule has 0 radical (unpaired) electrons. The van der Waals surface area contributed by atoms with Gasteiger partial charge in [-0.1, -0.05) is 48.5 Å². The molecule has 0 aliphatic carbocycles. The van der Waals surface area contributed by atoms with Crippen molar-refractivity contribution in [1.29, 1.82) is 0 Å². The van der Waals surface area contributed by atoms with Crippen LogP contribution in [0.15, 0.2) is 54.6 Å². The second-order valence-corrected chi connectivity index (χ2v) is 8.87. The van der Waals surface area contributed by atoms with Crippen molar-refractivity contribution in [1.82, 2.24) is 9.80 Å². The molecule has 0 saturated carbocycles. The number of para-hydroxylation sites is 1. The first-order chi connectivity index (χ1) is 14.5. The van der Waals surface area contributed by atoms with Gasteiger partial charge in [0, 0.05) is 25.3 Å². The molecule has 3 aliphatic heterocycles. The highest BCUT2D eigenvalue weighted by atomic mass is 16.3. The summed E-state index contributed by atoms with van der Waals surface area (Å²) in [6, 6.07) is 17.1. The first-order valence-electron chi connectivity index (χ1n) is 10.6. The third kappa shape index (κ3) is 2.71. The average Bonchev–Trinajstić information content (AvgIpc) is 3.30. The largest absolute Gasteiger partial charge is 0.380 e. The number of carbonyl (C=O) groups is 2. The molecule has 2 atom stereocenters. The van der Waals surface area contributed by atoms with Gasteiger partial charge in [0.05, 0.1) is 6.04 Å².